The van der Waals surface area contributed by atoms with Crippen LogP contribution in [0.3, 0.4) is 0 Å². The third-order valence-electron chi connectivity index (χ3n) is 3.75. The summed E-state index contributed by atoms with van der Waals surface area (Å²) in [5.41, 5.74) is 0.748. The van der Waals surface area contributed by atoms with Crippen LogP contribution in [-0.4, -0.2) is 42.1 Å². The summed E-state index contributed by atoms with van der Waals surface area (Å²) in [7, 11) is -3.40. The number of aromatic nitrogens is 2. The first-order chi connectivity index (χ1) is 9.18. The summed E-state index contributed by atoms with van der Waals surface area (Å²) < 4.78 is 26.7. The zero-order valence-electron chi connectivity index (χ0n) is 10.9. The third-order valence-corrected chi connectivity index (χ3v) is 5.66. The van der Waals surface area contributed by atoms with Gasteiger partial charge in [-0.05, 0) is 25.7 Å². The maximum absolute atomic E-state index is 12.6. The first-order valence-electron chi connectivity index (χ1n) is 6.94. The fourth-order valence-corrected chi connectivity index (χ4v) is 4.05. The van der Waals surface area contributed by atoms with Gasteiger partial charge in [-0.1, -0.05) is 6.42 Å². The molecular weight excluding hydrogens is 264 g/mol. The highest BCUT2D eigenvalue weighted by Gasteiger charge is 2.30. The van der Waals surface area contributed by atoms with Gasteiger partial charge >= 0.3 is 0 Å². The van der Waals surface area contributed by atoms with Crippen molar-refractivity contribution in [3.8, 4) is 0 Å². The van der Waals surface area contributed by atoms with Crippen molar-refractivity contribution in [2.24, 2.45) is 0 Å². The lowest BCUT2D eigenvalue weighted by Gasteiger charge is -2.25. The molecule has 2 fully saturated rings. The highest BCUT2D eigenvalue weighted by atomic mass is 32.2. The molecule has 1 saturated carbocycles. The van der Waals surface area contributed by atoms with Gasteiger partial charge in [-0.3, -0.25) is 5.10 Å². The van der Waals surface area contributed by atoms with Crippen LogP contribution < -0.4 is 5.32 Å². The Bertz CT molecular complexity index is 530. The minimum atomic E-state index is -3.40. The third kappa shape index (κ3) is 2.82. The summed E-state index contributed by atoms with van der Waals surface area (Å²) in [6.07, 6.45) is 7.00. The molecule has 1 aliphatic carbocycles. The quantitative estimate of drug-likeness (QED) is 0.840. The Labute approximate surface area is 113 Å². The van der Waals surface area contributed by atoms with E-state index in [4.69, 9.17) is 0 Å². The number of aromatic amines is 1. The molecule has 0 amide bonds. The molecule has 6 nitrogen and oxygen atoms in total. The molecule has 1 aliphatic heterocycles. The van der Waals surface area contributed by atoms with Crippen LogP contribution in [0.25, 0.3) is 0 Å². The van der Waals surface area contributed by atoms with Crippen molar-refractivity contribution >= 4 is 10.0 Å². The minimum absolute atomic E-state index is 0.266. The van der Waals surface area contributed by atoms with E-state index in [1.807, 2.05) is 0 Å². The van der Waals surface area contributed by atoms with Crippen LogP contribution in [-0.2, 0) is 16.6 Å². The number of hydrogen-bond donors (Lipinski definition) is 2. The molecule has 3 rings (SSSR count). The summed E-state index contributed by atoms with van der Waals surface area (Å²) in [4.78, 5) is 0. The van der Waals surface area contributed by atoms with Crippen LogP contribution in [0.15, 0.2) is 11.2 Å². The lowest BCUT2D eigenvalue weighted by molar-refractivity contribution is 0.345. The topological polar surface area (TPSA) is 78.1 Å². The molecular formula is C12H20N4O2S. The van der Waals surface area contributed by atoms with Crippen molar-refractivity contribution in [2.75, 3.05) is 13.1 Å². The standard InChI is InChI=1S/C12H20N4O2S/c17-19(18,16-6-2-1-3-7-16)12-10(9-14-15-12)8-13-11-4-5-11/h9,11,13H,1-8H2,(H,14,15). The van der Waals surface area contributed by atoms with Gasteiger partial charge in [0.15, 0.2) is 5.03 Å². The zero-order chi connectivity index (χ0) is 13.3. The molecule has 2 aliphatic rings. The number of nitrogens with one attached hydrogen (secondary N) is 2. The first kappa shape index (κ1) is 13.1. The summed E-state index contributed by atoms with van der Waals surface area (Å²) in [6, 6.07) is 0.556. The number of rotatable bonds is 5. The Morgan fingerprint density at radius 1 is 1.32 bits per heavy atom. The lowest BCUT2D eigenvalue weighted by Crippen LogP contribution is -2.36. The molecule has 0 atom stereocenters. The summed E-state index contributed by atoms with van der Waals surface area (Å²) in [5.74, 6) is 0. The Morgan fingerprint density at radius 3 is 2.74 bits per heavy atom. The van der Waals surface area contributed by atoms with E-state index in [0.717, 1.165) is 24.8 Å². The second-order valence-corrected chi connectivity index (χ2v) is 7.22. The van der Waals surface area contributed by atoms with Crippen LogP contribution in [0.5, 0.6) is 0 Å². The number of hydrogen-bond acceptors (Lipinski definition) is 4. The van der Waals surface area contributed by atoms with E-state index >= 15 is 0 Å². The van der Waals surface area contributed by atoms with Gasteiger partial charge in [0, 0.05) is 31.2 Å². The van der Waals surface area contributed by atoms with Gasteiger partial charge in [-0.15, -0.1) is 0 Å². The van der Waals surface area contributed by atoms with E-state index in [9.17, 15) is 8.42 Å². The van der Waals surface area contributed by atoms with Crippen molar-refractivity contribution in [3.05, 3.63) is 11.8 Å². The van der Waals surface area contributed by atoms with Gasteiger partial charge in [0.05, 0.1) is 6.20 Å². The van der Waals surface area contributed by atoms with Crippen LogP contribution in [0.1, 0.15) is 37.7 Å². The van der Waals surface area contributed by atoms with E-state index in [0.29, 0.717) is 25.7 Å². The van der Waals surface area contributed by atoms with Gasteiger partial charge in [0.25, 0.3) is 10.0 Å². The average Bonchev–Trinajstić information content (AvgIpc) is 3.13. The van der Waals surface area contributed by atoms with Crippen molar-refractivity contribution in [2.45, 2.75) is 49.7 Å². The molecule has 0 bridgehead atoms. The zero-order valence-corrected chi connectivity index (χ0v) is 11.7. The van der Waals surface area contributed by atoms with Crippen molar-refractivity contribution in [1.82, 2.24) is 19.8 Å². The summed E-state index contributed by atoms with van der Waals surface area (Å²) in [5, 5.41) is 10.2. The number of H-pyrrole nitrogens is 1. The molecule has 0 aromatic carbocycles. The molecule has 0 radical (unpaired) electrons. The second kappa shape index (κ2) is 5.22. The minimum Gasteiger partial charge on any atom is -0.310 e. The monoisotopic (exact) mass is 284 g/mol. The highest BCUT2D eigenvalue weighted by molar-refractivity contribution is 7.89. The normalized spacial score (nSPS) is 21.7. The Hall–Kier alpha value is -0.920. The highest BCUT2D eigenvalue weighted by Crippen LogP contribution is 2.23. The van der Waals surface area contributed by atoms with Gasteiger partial charge < -0.3 is 5.32 Å². The Kier molecular flexibility index (Phi) is 3.60. The second-order valence-electron chi connectivity index (χ2n) is 5.34. The Balaban J connectivity index is 1.77. The number of sulfonamides is 1. The van der Waals surface area contributed by atoms with Gasteiger partial charge in [-0.2, -0.15) is 9.40 Å². The van der Waals surface area contributed by atoms with E-state index < -0.39 is 10.0 Å². The number of piperidine rings is 1. The van der Waals surface area contributed by atoms with Gasteiger partial charge in [0.2, 0.25) is 0 Å². The predicted molar refractivity (Wildman–Crippen MR) is 71.1 cm³/mol. The molecule has 1 aromatic heterocycles. The van der Waals surface area contributed by atoms with Crippen molar-refractivity contribution in [1.29, 1.82) is 0 Å². The molecule has 1 saturated heterocycles. The smallest absolute Gasteiger partial charge is 0.260 e. The van der Waals surface area contributed by atoms with Crippen LogP contribution in [0.2, 0.25) is 0 Å². The number of nitrogens with zero attached hydrogens (tertiary/aromatic N) is 2. The SMILES string of the molecule is O=S(=O)(c1[nH]ncc1CNC1CC1)N1CCCCC1. The molecule has 106 valence electrons. The molecule has 19 heavy (non-hydrogen) atoms. The molecule has 2 N–H and O–H groups in total. The summed E-state index contributed by atoms with van der Waals surface area (Å²) >= 11 is 0. The maximum Gasteiger partial charge on any atom is 0.260 e. The van der Waals surface area contributed by atoms with Gasteiger partial charge in [0.1, 0.15) is 0 Å². The fraction of sp³-hybridized carbons (Fsp3) is 0.750. The lowest BCUT2D eigenvalue weighted by atomic mass is 10.2. The van der Waals surface area contributed by atoms with Gasteiger partial charge in [-0.25, -0.2) is 8.42 Å². The van der Waals surface area contributed by atoms with E-state index in [2.05, 4.69) is 15.5 Å². The molecule has 1 aromatic rings. The maximum atomic E-state index is 12.6. The Morgan fingerprint density at radius 2 is 2.05 bits per heavy atom. The van der Waals surface area contributed by atoms with Crippen LogP contribution in [0, 0.1) is 0 Å². The summed E-state index contributed by atoms with van der Waals surface area (Å²) in [6.45, 7) is 1.82. The van der Waals surface area contributed by atoms with E-state index in [1.54, 1.807) is 10.5 Å². The van der Waals surface area contributed by atoms with E-state index in [-0.39, 0.29) is 5.03 Å². The van der Waals surface area contributed by atoms with Crippen LogP contribution in [0.4, 0.5) is 0 Å². The van der Waals surface area contributed by atoms with Crippen LogP contribution >= 0.6 is 0 Å². The van der Waals surface area contributed by atoms with Crippen molar-refractivity contribution in [3.63, 3.8) is 0 Å². The van der Waals surface area contributed by atoms with Crippen molar-refractivity contribution < 1.29 is 8.42 Å². The largest absolute Gasteiger partial charge is 0.310 e. The molecule has 0 unspecified atom stereocenters. The van der Waals surface area contributed by atoms with E-state index in [1.165, 1.54) is 12.8 Å². The predicted octanol–water partition coefficient (Wildman–Crippen LogP) is 0.836. The molecule has 2 heterocycles. The molecule has 0 spiro atoms. The molecule has 7 heteroatoms. The average molecular weight is 284 g/mol. The fourth-order valence-electron chi connectivity index (χ4n) is 2.42. The first-order valence-corrected chi connectivity index (χ1v) is 8.38.